The van der Waals surface area contributed by atoms with Crippen LogP contribution in [-0.2, 0) is 22.6 Å². The number of urea groups is 1. The third-order valence-electron chi connectivity index (χ3n) is 5.35. The molecule has 31 heavy (non-hydrogen) atoms. The summed E-state index contributed by atoms with van der Waals surface area (Å²) < 4.78 is 0.824. The Labute approximate surface area is 190 Å². The highest BCUT2D eigenvalue weighted by molar-refractivity contribution is 9.10. The van der Waals surface area contributed by atoms with Crippen molar-refractivity contribution in [2.75, 3.05) is 5.32 Å². The number of aliphatic carboxylic acids is 1. The molecule has 0 saturated heterocycles. The molecule has 3 N–H and O–H groups in total. The number of amides is 3. The highest BCUT2D eigenvalue weighted by Crippen LogP contribution is 2.26. The molecular weight excluding hydrogens is 462 g/mol. The van der Waals surface area contributed by atoms with Crippen LogP contribution >= 0.6 is 15.9 Å². The smallest absolute Gasteiger partial charge is 0.319 e. The fraction of sp³-hybridized carbons (Fsp3) is 0.348. The van der Waals surface area contributed by atoms with Gasteiger partial charge in [-0.15, -0.1) is 0 Å². The van der Waals surface area contributed by atoms with Crippen LogP contribution in [0.3, 0.4) is 0 Å². The van der Waals surface area contributed by atoms with E-state index in [0.29, 0.717) is 18.7 Å². The van der Waals surface area contributed by atoms with Crippen molar-refractivity contribution in [1.29, 1.82) is 0 Å². The van der Waals surface area contributed by atoms with E-state index in [9.17, 15) is 19.5 Å². The van der Waals surface area contributed by atoms with Crippen molar-refractivity contribution in [2.24, 2.45) is 5.92 Å². The highest BCUT2D eigenvalue weighted by Gasteiger charge is 2.36. The number of carboxylic acids is 1. The zero-order valence-corrected chi connectivity index (χ0v) is 19.1. The fourth-order valence-corrected chi connectivity index (χ4v) is 4.20. The lowest BCUT2D eigenvalue weighted by Crippen LogP contribution is -2.56. The second-order valence-electron chi connectivity index (χ2n) is 8.02. The molecule has 0 bridgehead atoms. The van der Waals surface area contributed by atoms with Crippen LogP contribution in [0.4, 0.5) is 10.5 Å². The molecule has 0 radical (unpaired) electrons. The SMILES string of the molecule is CC(C)C(NC(=O)Nc1cccc(Br)c1)C(=O)N1Cc2ccccc2C[C@@H]1CC(=O)O. The maximum Gasteiger partial charge on any atom is 0.319 e. The van der Waals surface area contributed by atoms with Crippen molar-refractivity contribution in [2.45, 2.75) is 45.3 Å². The predicted molar refractivity (Wildman–Crippen MR) is 122 cm³/mol. The maximum absolute atomic E-state index is 13.5. The molecule has 1 heterocycles. The minimum atomic E-state index is -0.955. The number of anilines is 1. The second kappa shape index (κ2) is 9.96. The highest BCUT2D eigenvalue weighted by atomic mass is 79.9. The summed E-state index contributed by atoms with van der Waals surface area (Å²) in [4.78, 5) is 39.1. The molecule has 1 aliphatic rings. The standard InChI is InChI=1S/C23H26BrN3O4/c1-14(2)21(26-23(31)25-18-9-5-8-17(24)11-18)22(30)27-13-16-7-4-3-6-15(16)10-19(27)12-20(28)29/h3-9,11,14,19,21H,10,12-13H2,1-2H3,(H,28,29)(H2,25,26,31)/t19-,21?/m1/s1. The predicted octanol–water partition coefficient (Wildman–Crippen LogP) is 4.02. The van der Waals surface area contributed by atoms with Crippen molar-refractivity contribution in [3.05, 3.63) is 64.1 Å². The number of carbonyl (C=O) groups is 3. The van der Waals surface area contributed by atoms with Gasteiger partial charge >= 0.3 is 12.0 Å². The molecule has 2 atom stereocenters. The zero-order chi connectivity index (χ0) is 22.5. The lowest BCUT2D eigenvalue weighted by Gasteiger charge is -2.39. The minimum Gasteiger partial charge on any atom is -0.481 e. The molecule has 0 aliphatic carbocycles. The van der Waals surface area contributed by atoms with Gasteiger partial charge in [0.05, 0.1) is 6.42 Å². The van der Waals surface area contributed by atoms with E-state index in [4.69, 9.17) is 0 Å². The van der Waals surface area contributed by atoms with Crippen molar-refractivity contribution in [3.63, 3.8) is 0 Å². The number of nitrogens with one attached hydrogen (secondary N) is 2. The number of rotatable bonds is 6. The molecule has 2 aromatic rings. The first-order chi connectivity index (χ1) is 14.7. The normalized spacial score (nSPS) is 16.4. The van der Waals surface area contributed by atoms with E-state index in [2.05, 4.69) is 26.6 Å². The molecule has 0 saturated carbocycles. The number of halogens is 1. The summed E-state index contributed by atoms with van der Waals surface area (Å²) in [7, 11) is 0. The van der Waals surface area contributed by atoms with Crippen LogP contribution in [0.5, 0.6) is 0 Å². The van der Waals surface area contributed by atoms with E-state index in [1.165, 1.54) is 0 Å². The van der Waals surface area contributed by atoms with Crippen LogP contribution < -0.4 is 10.6 Å². The molecule has 164 valence electrons. The summed E-state index contributed by atoms with van der Waals surface area (Å²) in [6, 6.07) is 13.2. The number of hydrogen-bond donors (Lipinski definition) is 3. The van der Waals surface area contributed by atoms with Gasteiger partial charge in [-0.25, -0.2) is 4.79 Å². The summed E-state index contributed by atoms with van der Waals surface area (Å²) >= 11 is 3.36. The van der Waals surface area contributed by atoms with Crippen LogP contribution in [-0.4, -0.2) is 40.0 Å². The van der Waals surface area contributed by atoms with E-state index in [-0.39, 0.29) is 18.2 Å². The topological polar surface area (TPSA) is 98.7 Å². The van der Waals surface area contributed by atoms with Gasteiger partial charge in [-0.05, 0) is 41.7 Å². The van der Waals surface area contributed by atoms with Gasteiger partial charge in [0.15, 0.2) is 0 Å². The summed E-state index contributed by atoms with van der Waals surface area (Å²) in [5.41, 5.74) is 2.65. The van der Waals surface area contributed by atoms with Crippen LogP contribution in [0.1, 0.15) is 31.4 Å². The van der Waals surface area contributed by atoms with Gasteiger partial charge in [-0.2, -0.15) is 0 Å². The van der Waals surface area contributed by atoms with E-state index in [0.717, 1.165) is 15.6 Å². The maximum atomic E-state index is 13.5. The molecule has 0 fully saturated rings. The number of carbonyl (C=O) groups excluding carboxylic acids is 2. The van der Waals surface area contributed by atoms with Crippen LogP contribution in [0.2, 0.25) is 0 Å². The zero-order valence-electron chi connectivity index (χ0n) is 17.5. The summed E-state index contributed by atoms with van der Waals surface area (Å²) in [5.74, 6) is -1.41. The van der Waals surface area contributed by atoms with Crippen LogP contribution in [0.25, 0.3) is 0 Å². The Bertz CT molecular complexity index is 979. The minimum absolute atomic E-state index is 0.144. The molecule has 0 aromatic heterocycles. The molecule has 1 aliphatic heterocycles. The average Bonchev–Trinajstić information content (AvgIpc) is 2.70. The van der Waals surface area contributed by atoms with E-state index >= 15 is 0 Å². The van der Waals surface area contributed by atoms with E-state index < -0.39 is 24.1 Å². The largest absolute Gasteiger partial charge is 0.481 e. The Morgan fingerprint density at radius 1 is 1.13 bits per heavy atom. The van der Waals surface area contributed by atoms with Gasteiger partial charge < -0.3 is 20.6 Å². The van der Waals surface area contributed by atoms with Gasteiger partial charge in [0.1, 0.15) is 6.04 Å². The molecule has 3 rings (SSSR count). The van der Waals surface area contributed by atoms with Crippen molar-refractivity contribution >= 4 is 39.5 Å². The van der Waals surface area contributed by atoms with Crippen molar-refractivity contribution < 1.29 is 19.5 Å². The molecule has 1 unspecified atom stereocenters. The third kappa shape index (κ3) is 5.85. The molecule has 8 heteroatoms. The van der Waals surface area contributed by atoms with Gasteiger partial charge in [-0.3, -0.25) is 9.59 Å². The Balaban J connectivity index is 1.78. The second-order valence-corrected chi connectivity index (χ2v) is 8.94. The summed E-state index contributed by atoms with van der Waals surface area (Å²) in [5, 5.41) is 14.9. The van der Waals surface area contributed by atoms with Gasteiger partial charge in [0.2, 0.25) is 5.91 Å². The lowest BCUT2D eigenvalue weighted by molar-refractivity contribution is -0.143. The summed E-state index contributed by atoms with van der Waals surface area (Å²) in [6.45, 7) is 4.03. The Hall–Kier alpha value is -2.87. The number of hydrogen-bond acceptors (Lipinski definition) is 3. The first kappa shape index (κ1) is 22.8. The van der Waals surface area contributed by atoms with Gasteiger partial charge in [-0.1, -0.05) is 60.1 Å². The monoisotopic (exact) mass is 487 g/mol. The quantitative estimate of drug-likeness (QED) is 0.572. The van der Waals surface area contributed by atoms with Gasteiger partial charge in [0.25, 0.3) is 0 Å². The fourth-order valence-electron chi connectivity index (χ4n) is 3.80. The van der Waals surface area contributed by atoms with E-state index in [1.807, 2.05) is 44.2 Å². The number of nitrogens with zero attached hydrogens (tertiary/aromatic N) is 1. The molecule has 0 spiro atoms. The molecule has 3 amide bonds. The van der Waals surface area contributed by atoms with E-state index in [1.54, 1.807) is 23.1 Å². The van der Waals surface area contributed by atoms with Crippen molar-refractivity contribution in [1.82, 2.24) is 10.2 Å². The first-order valence-electron chi connectivity index (χ1n) is 10.2. The number of fused-ring (bicyclic) bond motifs is 1. The van der Waals surface area contributed by atoms with Crippen LogP contribution in [0.15, 0.2) is 53.0 Å². The molecule has 7 nitrogen and oxygen atoms in total. The van der Waals surface area contributed by atoms with Gasteiger partial charge in [0, 0.05) is 22.7 Å². The third-order valence-corrected chi connectivity index (χ3v) is 5.84. The molecule has 2 aromatic carbocycles. The Morgan fingerprint density at radius 2 is 1.84 bits per heavy atom. The Kier molecular flexibility index (Phi) is 7.33. The molecular formula is C23H26BrN3O4. The van der Waals surface area contributed by atoms with Crippen molar-refractivity contribution in [3.8, 4) is 0 Å². The summed E-state index contributed by atoms with van der Waals surface area (Å²) in [6.07, 6.45) is 0.332. The number of benzene rings is 2. The number of carboxylic acid groups (broad SMARTS) is 1. The van der Waals surface area contributed by atoms with Crippen LogP contribution in [0, 0.1) is 5.92 Å². The first-order valence-corrected chi connectivity index (χ1v) is 11.0. The lowest BCUT2D eigenvalue weighted by atomic mass is 9.90. The average molecular weight is 488 g/mol. The Morgan fingerprint density at radius 3 is 2.48 bits per heavy atom.